The third kappa shape index (κ3) is 14.7. The maximum Gasteiger partial charge on any atom is 0.412 e. The highest BCUT2D eigenvalue weighted by atomic mass is 16.6. The van der Waals surface area contributed by atoms with Crippen molar-refractivity contribution >= 4 is 47.3 Å². The number of nitrogens with one attached hydrogen (secondary N) is 3. The third-order valence-corrected chi connectivity index (χ3v) is 11.4. The van der Waals surface area contributed by atoms with Crippen LogP contribution in [0, 0.1) is 19.1 Å². The average Bonchev–Trinajstić information content (AvgIpc) is 3.62. The summed E-state index contributed by atoms with van der Waals surface area (Å²) in [6.45, 7) is 13.9. The number of hydrogen-bond donors (Lipinski definition) is 3. The summed E-state index contributed by atoms with van der Waals surface area (Å²) in [5.41, 5.74) is 10.2. The second-order valence-electron chi connectivity index (χ2n) is 17.8. The van der Waals surface area contributed by atoms with Gasteiger partial charge in [-0.3, -0.25) is 15.1 Å². The Balaban J connectivity index is 1.06. The van der Waals surface area contributed by atoms with Crippen molar-refractivity contribution in [3.05, 3.63) is 142 Å². The number of aliphatic imine (C=N–C) groups is 1. The molecule has 0 radical (unpaired) electrons. The van der Waals surface area contributed by atoms with Crippen LogP contribution in [0.15, 0.2) is 107 Å². The Morgan fingerprint density at radius 1 is 1.03 bits per heavy atom. The molecule has 3 N–H and O–H groups in total. The molecule has 4 aromatic carbocycles. The van der Waals surface area contributed by atoms with Gasteiger partial charge in [0.2, 0.25) is 6.67 Å². The summed E-state index contributed by atoms with van der Waals surface area (Å²) < 4.78 is 18.7. The molecule has 6 rings (SSSR count). The van der Waals surface area contributed by atoms with Gasteiger partial charge in [-0.2, -0.15) is 4.58 Å². The standard InChI is InChI=1S/C54H64N6O6/c1-8-47(56-49-34-44(19-17-38(49)2)52-57-48-25-18-42(33-50(48)58-52)32-40-16-12-28-59(7)30-27-40)43-20-23-46(24-21-43)64-31-13-29-60(37-55-53(63)66-54(4,5)6)51(62)26-22-45(35-61)39(3)65-36-41-14-10-9-11-15-41/h9-11,14-17,19-24,29,33-35,39,52,57-58H,8,12-13,26-28,30-32,36-37H2,1-7H3/p+1/b45-22-,56-47?,60-29+. The van der Waals surface area contributed by atoms with Gasteiger partial charge in [-0.1, -0.05) is 73.2 Å². The van der Waals surface area contributed by atoms with Crippen molar-refractivity contribution in [1.29, 1.82) is 0 Å². The van der Waals surface area contributed by atoms with Crippen molar-refractivity contribution in [2.75, 3.05) is 44.0 Å². The van der Waals surface area contributed by atoms with E-state index in [1.54, 1.807) is 40.0 Å². The first-order valence-corrected chi connectivity index (χ1v) is 22.9. The number of aryl methyl sites for hydroxylation is 1. The van der Waals surface area contributed by atoms with E-state index < -0.39 is 17.8 Å². The number of anilines is 2. The minimum absolute atomic E-state index is 0.0780. The van der Waals surface area contributed by atoms with E-state index in [9.17, 15) is 14.4 Å². The minimum atomic E-state index is -0.705. The highest BCUT2D eigenvalue weighted by Crippen LogP contribution is 2.36. The number of ether oxygens (including phenoxy) is 3. The Morgan fingerprint density at radius 2 is 1.82 bits per heavy atom. The van der Waals surface area contributed by atoms with E-state index in [4.69, 9.17) is 19.2 Å². The molecular weight excluding hydrogens is 829 g/mol. The molecule has 346 valence electrons. The lowest BCUT2D eigenvalue weighted by molar-refractivity contribution is -0.449. The van der Waals surface area contributed by atoms with E-state index in [2.05, 4.69) is 84.2 Å². The summed E-state index contributed by atoms with van der Waals surface area (Å²) in [6, 6.07) is 32.8. The normalized spacial score (nSPS) is 16.1. The van der Waals surface area contributed by atoms with Gasteiger partial charge in [0.05, 0.1) is 43.5 Å². The van der Waals surface area contributed by atoms with Gasteiger partial charge in [0.15, 0.2) is 6.21 Å². The molecule has 2 aliphatic rings. The van der Waals surface area contributed by atoms with Crippen molar-refractivity contribution in [2.45, 2.75) is 105 Å². The summed E-state index contributed by atoms with van der Waals surface area (Å²) in [6.07, 6.45) is 9.14. The first-order chi connectivity index (χ1) is 31.8. The molecule has 4 aromatic rings. The van der Waals surface area contributed by atoms with Crippen LogP contribution in [0.5, 0.6) is 5.75 Å². The minimum Gasteiger partial charge on any atom is -0.493 e. The number of benzene rings is 3. The van der Waals surface area contributed by atoms with Crippen LogP contribution < -0.4 is 20.7 Å². The topological polar surface area (TPSA) is 134 Å². The molecule has 2 heterocycles. The third-order valence-electron chi connectivity index (χ3n) is 11.4. The second-order valence-corrected chi connectivity index (χ2v) is 17.8. The van der Waals surface area contributed by atoms with Crippen LogP contribution in [0.2, 0.25) is 0 Å². The number of aldehydes is 1. The Morgan fingerprint density at radius 3 is 2.56 bits per heavy atom. The lowest BCUT2D eigenvalue weighted by atomic mass is 10.0. The smallest absolute Gasteiger partial charge is 0.412 e. The fourth-order valence-electron chi connectivity index (χ4n) is 7.55. The molecule has 2 atom stereocenters. The first kappa shape index (κ1) is 48.9. The van der Waals surface area contributed by atoms with Crippen LogP contribution in [0.4, 0.5) is 21.9 Å². The molecule has 0 saturated carbocycles. The molecule has 0 aromatic heterocycles. The highest BCUT2D eigenvalue weighted by molar-refractivity contribution is 6.02. The van der Waals surface area contributed by atoms with Gasteiger partial charge in [-0.15, -0.1) is 0 Å². The van der Waals surface area contributed by atoms with Gasteiger partial charge >= 0.3 is 12.0 Å². The SMILES string of the molecule is CCC(=Nc1cc(C2Nc3c#cc(CC4=CCCN(C)CC4)cc3N2)ccc1C)c1ccc(OCC/C=[N+](\CNC(=O)OC(C)(C)C)C(=O)C/C=C(/C=O)C(C)OCc2ccccc2)cc1. The van der Waals surface area contributed by atoms with E-state index in [-0.39, 0.29) is 31.8 Å². The molecule has 2 aliphatic heterocycles. The summed E-state index contributed by atoms with van der Waals surface area (Å²) in [5.74, 6) is 0.346. The van der Waals surface area contributed by atoms with Crippen molar-refractivity contribution in [3.8, 4) is 5.75 Å². The maximum atomic E-state index is 13.5. The molecule has 0 aliphatic carbocycles. The van der Waals surface area contributed by atoms with Crippen LogP contribution in [-0.2, 0) is 32.1 Å². The number of amides is 2. The van der Waals surface area contributed by atoms with E-state index in [0.717, 1.165) is 89.4 Å². The molecular formula is C54H65N6O6+. The Hall–Kier alpha value is -6.55. The predicted molar refractivity (Wildman–Crippen MR) is 262 cm³/mol. The zero-order valence-electron chi connectivity index (χ0n) is 39.5. The van der Waals surface area contributed by atoms with E-state index >= 15 is 0 Å². The van der Waals surface area contributed by atoms with Gasteiger partial charge < -0.3 is 29.7 Å². The molecule has 2 unspecified atom stereocenters. The van der Waals surface area contributed by atoms with Crippen LogP contribution in [0.1, 0.15) is 101 Å². The Bertz CT molecular complexity index is 2420. The van der Waals surface area contributed by atoms with Gasteiger partial charge in [-0.05, 0) is 126 Å². The number of fused-ring (bicyclic) bond motifs is 1. The number of rotatable bonds is 19. The quantitative estimate of drug-likeness (QED) is 0.0160. The number of carbonyl (C=O) groups excluding carboxylic acids is 3. The molecule has 0 fully saturated rings. The highest BCUT2D eigenvalue weighted by Gasteiger charge is 2.24. The lowest BCUT2D eigenvalue weighted by Crippen LogP contribution is -2.39. The van der Waals surface area contributed by atoms with Gasteiger partial charge in [0.1, 0.15) is 29.5 Å². The largest absolute Gasteiger partial charge is 0.493 e. The first-order valence-electron chi connectivity index (χ1n) is 22.9. The average molecular weight is 894 g/mol. The lowest BCUT2D eigenvalue weighted by Gasteiger charge is -2.19. The summed E-state index contributed by atoms with van der Waals surface area (Å²) in [7, 11) is 2.19. The predicted octanol–water partition coefficient (Wildman–Crippen LogP) is 9.84. The Kier molecular flexibility index (Phi) is 17.5. The van der Waals surface area contributed by atoms with Crippen molar-refractivity contribution in [3.63, 3.8) is 0 Å². The van der Waals surface area contributed by atoms with Crippen LogP contribution in [-0.4, -0.2) is 84.8 Å². The molecule has 2 amide bonds. The van der Waals surface area contributed by atoms with Crippen molar-refractivity contribution in [1.82, 2.24) is 10.2 Å². The maximum absolute atomic E-state index is 13.5. The summed E-state index contributed by atoms with van der Waals surface area (Å²) in [5, 5.41) is 9.90. The second kappa shape index (κ2) is 23.6. The number of hydrogen-bond acceptors (Lipinski definition) is 10. The van der Waals surface area contributed by atoms with E-state index in [0.29, 0.717) is 30.6 Å². The van der Waals surface area contributed by atoms with E-state index in [1.165, 1.54) is 10.1 Å². The van der Waals surface area contributed by atoms with Gasteiger partial charge in [-0.25, -0.2) is 9.59 Å². The van der Waals surface area contributed by atoms with Crippen molar-refractivity contribution in [2.24, 2.45) is 4.99 Å². The Labute approximate surface area is 390 Å². The molecule has 66 heavy (non-hydrogen) atoms. The van der Waals surface area contributed by atoms with Crippen LogP contribution in [0.3, 0.4) is 0 Å². The van der Waals surface area contributed by atoms with Gasteiger partial charge in [0, 0.05) is 36.4 Å². The molecule has 0 spiro atoms. The van der Waals surface area contributed by atoms with Crippen LogP contribution >= 0.6 is 0 Å². The number of alkyl carbamates (subject to hydrolysis) is 1. The van der Waals surface area contributed by atoms with Crippen LogP contribution in [0.25, 0.3) is 0 Å². The summed E-state index contributed by atoms with van der Waals surface area (Å²) >= 11 is 0. The fourth-order valence-corrected chi connectivity index (χ4v) is 7.55. The molecule has 12 heteroatoms. The zero-order chi connectivity index (χ0) is 47.1. The van der Waals surface area contributed by atoms with E-state index in [1.807, 2.05) is 54.6 Å². The zero-order valence-corrected chi connectivity index (χ0v) is 39.5. The summed E-state index contributed by atoms with van der Waals surface area (Å²) in [4.78, 5) is 45.5. The molecule has 0 saturated heterocycles. The molecule has 12 nitrogen and oxygen atoms in total. The number of nitrogens with zero attached hydrogens (tertiary/aromatic N) is 3. The molecule has 0 bridgehead atoms. The number of carbonyl (C=O) groups is 3. The fraction of sp³-hybridized carbons (Fsp3) is 0.389. The van der Waals surface area contributed by atoms with Gasteiger partial charge in [0.25, 0.3) is 0 Å². The monoisotopic (exact) mass is 893 g/mol. The van der Waals surface area contributed by atoms with Crippen molar-refractivity contribution < 1.29 is 33.2 Å².